The van der Waals surface area contributed by atoms with Crippen molar-refractivity contribution in [1.82, 2.24) is 9.47 Å². The number of rotatable bonds is 4. The summed E-state index contributed by atoms with van der Waals surface area (Å²) in [6.45, 7) is 0. The number of aromatic nitrogens is 1. The molecule has 1 aromatic heterocycles. The molecule has 0 bridgehead atoms. The summed E-state index contributed by atoms with van der Waals surface area (Å²) in [6.07, 6.45) is 3.18. The van der Waals surface area contributed by atoms with Crippen molar-refractivity contribution in [2.45, 2.75) is 31.3 Å². The molecule has 2 aromatic rings. The quantitative estimate of drug-likeness (QED) is 0.745. The van der Waals surface area contributed by atoms with Gasteiger partial charge in [0.2, 0.25) is 11.2 Å². The summed E-state index contributed by atoms with van der Waals surface area (Å²) < 4.78 is 58.4. The Labute approximate surface area is 165 Å². The van der Waals surface area contributed by atoms with Gasteiger partial charge in [0.05, 0.1) is 29.5 Å². The van der Waals surface area contributed by atoms with E-state index >= 15 is 0 Å². The van der Waals surface area contributed by atoms with Gasteiger partial charge < -0.3 is 14.2 Å². The Morgan fingerprint density at radius 3 is 2.52 bits per heavy atom. The van der Waals surface area contributed by atoms with E-state index in [0.29, 0.717) is 6.42 Å². The maximum Gasteiger partial charge on any atom is 0.259 e. The van der Waals surface area contributed by atoms with Gasteiger partial charge in [-0.1, -0.05) is 0 Å². The summed E-state index contributed by atoms with van der Waals surface area (Å²) >= 11 is 0. The van der Waals surface area contributed by atoms with Crippen LogP contribution in [0.15, 0.2) is 17.1 Å². The minimum absolute atomic E-state index is 0.0129. The third kappa shape index (κ3) is 3.29. The van der Waals surface area contributed by atoms with E-state index in [1.165, 1.54) is 25.3 Å². The first kappa shape index (κ1) is 19.8. The highest BCUT2D eigenvalue weighted by molar-refractivity contribution is 7.91. The van der Waals surface area contributed by atoms with Crippen LogP contribution >= 0.6 is 0 Å². The highest BCUT2D eigenvalue weighted by Gasteiger charge is 2.35. The molecule has 29 heavy (non-hydrogen) atoms. The molecular weight excluding hydrogens is 406 g/mol. The molecule has 0 spiro atoms. The Balaban J connectivity index is 1.88. The van der Waals surface area contributed by atoms with Crippen LogP contribution < -0.4 is 10.2 Å². The number of hydrogen-bond acceptors (Lipinski definition) is 5. The number of methoxy groups -OCH3 is 1. The van der Waals surface area contributed by atoms with Crippen LogP contribution in [0, 0.1) is 11.6 Å². The van der Waals surface area contributed by atoms with E-state index in [4.69, 9.17) is 4.74 Å². The smallest absolute Gasteiger partial charge is 0.259 e. The second-order valence-corrected chi connectivity index (χ2v) is 9.81. The molecule has 1 aliphatic heterocycles. The fraction of sp³-hybridized carbons (Fsp3) is 0.474. The zero-order chi connectivity index (χ0) is 21.1. The number of amides is 1. The van der Waals surface area contributed by atoms with Crippen molar-refractivity contribution in [3.05, 3.63) is 39.7 Å². The van der Waals surface area contributed by atoms with Gasteiger partial charge in [0.15, 0.2) is 21.4 Å². The van der Waals surface area contributed by atoms with Crippen molar-refractivity contribution in [3.63, 3.8) is 0 Å². The Bertz CT molecular complexity index is 1190. The van der Waals surface area contributed by atoms with Crippen molar-refractivity contribution in [3.8, 4) is 5.75 Å². The van der Waals surface area contributed by atoms with E-state index in [1.807, 2.05) is 0 Å². The number of carbonyl (C=O) groups is 1. The lowest BCUT2D eigenvalue weighted by Crippen LogP contribution is -2.40. The Morgan fingerprint density at radius 2 is 1.97 bits per heavy atom. The average molecular weight is 426 g/mol. The molecule has 1 saturated carbocycles. The van der Waals surface area contributed by atoms with Crippen LogP contribution in [0.2, 0.25) is 0 Å². The number of halogens is 2. The molecule has 7 nitrogen and oxygen atoms in total. The summed E-state index contributed by atoms with van der Waals surface area (Å²) in [6, 6.07) is 0.197. The van der Waals surface area contributed by atoms with Crippen LogP contribution in [0.25, 0.3) is 10.9 Å². The van der Waals surface area contributed by atoms with E-state index < -0.39 is 38.8 Å². The molecule has 1 aliphatic carbocycles. The first-order valence-electron chi connectivity index (χ1n) is 9.23. The van der Waals surface area contributed by atoms with Crippen molar-refractivity contribution in [2.75, 3.05) is 25.7 Å². The number of sulfone groups is 1. The normalized spacial score (nSPS) is 20.8. The number of ether oxygens (including phenoxy) is 1. The first-order chi connectivity index (χ1) is 13.6. The van der Waals surface area contributed by atoms with Gasteiger partial charge in [0.25, 0.3) is 5.91 Å². The third-order valence-corrected chi connectivity index (χ3v) is 7.37. The summed E-state index contributed by atoms with van der Waals surface area (Å²) in [5.41, 5.74) is -0.836. The molecule has 10 heteroatoms. The zero-order valence-corrected chi connectivity index (χ0v) is 16.8. The van der Waals surface area contributed by atoms with Crippen molar-refractivity contribution in [2.24, 2.45) is 0 Å². The monoisotopic (exact) mass is 426 g/mol. The van der Waals surface area contributed by atoms with Crippen molar-refractivity contribution in [1.29, 1.82) is 0 Å². The molecule has 156 valence electrons. The molecular formula is C19H20F2N2O5S. The maximum absolute atomic E-state index is 14.2. The van der Waals surface area contributed by atoms with Gasteiger partial charge >= 0.3 is 0 Å². The minimum atomic E-state index is -3.22. The molecule has 1 aromatic carbocycles. The van der Waals surface area contributed by atoms with Gasteiger partial charge in [0.1, 0.15) is 5.56 Å². The molecule has 2 heterocycles. The van der Waals surface area contributed by atoms with E-state index in [-0.39, 0.29) is 39.8 Å². The van der Waals surface area contributed by atoms with E-state index in [9.17, 15) is 26.8 Å². The lowest BCUT2D eigenvalue weighted by molar-refractivity contribution is 0.0745. The standard InChI is InChI=1S/C19H20F2N2O5S/c1-22(11-5-6-29(26,27)9-11)19(25)13-8-23(10-3-4-10)16-12(17(13)24)7-14(20)15(21)18(16)28-2/h7-8,10-11H,3-6,9H2,1-2H3/t11-/m0/s1. The highest BCUT2D eigenvalue weighted by Crippen LogP contribution is 2.40. The van der Waals surface area contributed by atoms with E-state index in [2.05, 4.69) is 0 Å². The maximum atomic E-state index is 14.2. The first-order valence-corrected chi connectivity index (χ1v) is 11.0. The largest absolute Gasteiger partial charge is 0.491 e. The minimum Gasteiger partial charge on any atom is -0.491 e. The number of pyridine rings is 1. The topological polar surface area (TPSA) is 85.7 Å². The summed E-state index contributed by atoms with van der Waals surface area (Å²) in [4.78, 5) is 27.3. The molecule has 0 N–H and O–H groups in total. The number of benzene rings is 1. The second-order valence-electron chi connectivity index (χ2n) is 7.59. The molecule has 1 amide bonds. The van der Waals surface area contributed by atoms with E-state index in [0.717, 1.165) is 18.9 Å². The van der Waals surface area contributed by atoms with Crippen LogP contribution in [0.4, 0.5) is 8.78 Å². The summed E-state index contributed by atoms with van der Waals surface area (Å²) in [5, 5.41) is -0.147. The van der Waals surface area contributed by atoms with Crippen LogP contribution in [-0.4, -0.2) is 55.5 Å². The third-order valence-electron chi connectivity index (χ3n) is 5.62. The number of carbonyl (C=O) groups excluding carboxylic acids is 1. The van der Waals surface area contributed by atoms with E-state index in [1.54, 1.807) is 4.57 Å². The summed E-state index contributed by atoms with van der Waals surface area (Å²) in [7, 11) is -0.581. The lowest BCUT2D eigenvalue weighted by atomic mass is 10.1. The molecule has 2 fully saturated rings. The molecule has 2 aliphatic rings. The predicted octanol–water partition coefficient (Wildman–Crippen LogP) is 1.88. The fourth-order valence-corrected chi connectivity index (χ4v) is 5.62. The Hall–Kier alpha value is -2.49. The van der Waals surface area contributed by atoms with Crippen LogP contribution in [-0.2, 0) is 9.84 Å². The number of nitrogens with zero attached hydrogens (tertiary/aromatic N) is 2. The average Bonchev–Trinajstić information content (AvgIpc) is 3.45. The van der Waals surface area contributed by atoms with Gasteiger partial charge in [-0.15, -0.1) is 0 Å². The molecule has 1 atom stereocenters. The van der Waals surface area contributed by atoms with Gasteiger partial charge in [-0.25, -0.2) is 12.8 Å². The SMILES string of the molecule is COc1c(F)c(F)cc2c(=O)c(C(=O)N(C)[C@H]3CCS(=O)(=O)C3)cn(C3CC3)c12. The van der Waals surface area contributed by atoms with Gasteiger partial charge in [-0.2, -0.15) is 4.39 Å². The highest BCUT2D eigenvalue weighted by atomic mass is 32.2. The Morgan fingerprint density at radius 1 is 1.28 bits per heavy atom. The predicted molar refractivity (Wildman–Crippen MR) is 102 cm³/mol. The van der Waals surface area contributed by atoms with Gasteiger partial charge in [-0.3, -0.25) is 9.59 Å². The molecule has 4 rings (SSSR count). The van der Waals surface area contributed by atoms with Crippen molar-refractivity contribution >= 4 is 26.6 Å². The molecule has 1 saturated heterocycles. The second kappa shape index (κ2) is 6.79. The summed E-state index contributed by atoms with van der Waals surface area (Å²) in [5.74, 6) is -3.63. The molecule has 0 radical (unpaired) electrons. The zero-order valence-electron chi connectivity index (χ0n) is 15.9. The Kier molecular flexibility index (Phi) is 4.64. The van der Waals surface area contributed by atoms with Crippen LogP contribution in [0.3, 0.4) is 0 Å². The molecule has 0 unspecified atom stereocenters. The lowest BCUT2D eigenvalue weighted by Gasteiger charge is -2.24. The number of hydrogen-bond donors (Lipinski definition) is 0. The van der Waals surface area contributed by atoms with Gasteiger partial charge in [-0.05, 0) is 25.3 Å². The van der Waals surface area contributed by atoms with Crippen LogP contribution in [0.1, 0.15) is 35.7 Å². The fourth-order valence-electron chi connectivity index (χ4n) is 3.85. The number of fused-ring (bicyclic) bond motifs is 1. The van der Waals surface area contributed by atoms with Gasteiger partial charge in [0, 0.05) is 25.3 Å². The van der Waals surface area contributed by atoms with Crippen molar-refractivity contribution < 1.29 is 26.7 Å². The van der Waals surface area contributed by atoms with Crippen LogP contribution in [0.5, 0.6) is 5.75 Å².